The highest BCUT2D eigenvalue weighted by atomic mass is 35.5. The van der Waals surface area contributed by atoms with Gasteiger partial charge in [-0.3, -0.25) is 0 Å². The van der Waals surface area contributed by atoms with E-state index in [9.17, 15) is 0 Å². The van der Waals surface area contributed by atoms with Crippen molar-refractivity contribution in [3.8, 4) is 0 Å². The Kier molecular flexibility index (Phi) is 3.31. The third-order valence-corrected chi connectivity index (χ3v) is 1.90. The third kappa shape index (κ3) is 2.09. The normalized spacial score (nSPS) is 10.3. The molecule has 0 fully saturated rings. The zero-order valence-electron chi connectivity index (χ0n) is 6.83. The molecule has 0 unspecified atom stereocenters. The van der Waals surface area contributed by atoms with Crippen molar-refractivity contribution in [3.05, 3.63) is 22.2 Å². The standard InChI is InChI=1S/C7H9ClN2OS/c1-4-6(3-11-12)5(2)10-7(8)9-4/h12H,3H2,1-2H3. The molecule has 66 valence electrons. The first-order valence-electron chi connectivity index (χ1n) is 3.41. The van der Waals surface area contributed by atoms with Crippen LogP contribution in [0.15, 0.2) is 0 Å². The molecule has 0 amide bonds. The Morgan fingerprint density at radius 3 is 2.25 bits per heavy atom. The minimum absolute atomic E-state index is 0.271. The molecule has 1 rings (SSSR count). The summed E-state index contributed by atoms with van der Waals surface area (Å²) in [6.07, 6.45) is 0. The average molecular weight is 205 g/mol. The van der Waals surface area contributed by atoms with E-state index in [4.69, 9.17) is 15.8 Å². The van der Waals surface area contributed by atoms with E-state index in [2.05, 4.69) is 22.9 Å². The second-order valence-electron chi connectivity index (χ2n) is 2.42. The van der Waals surface area contributed by atoms with Gasteiger partial charge >= 0.3 is 0 Å². The molecule has 1 heterocycles. The molecule has 0 saturated carbocycles. The van der Waals surface area contributed by atoms with E-state index in [-0.39, 0.29) is 5.28 Å². The van der Waals surface area contributed by atoms with E-state index in [1.807, 2.05) is 13.8 Å². The molecule has 0 bridgehead atoms. The van der Waals surface area contributed by atoms with Gasteiger partial charge in [-0.15, -0.1) is 0 Å². The largest absolute Gasteiger partial charge is 0.314 e. The first kappa shape index (κ1) is 9.77. The quantitative estimate of drug-likeness (QED) is 0.455. The molecule has 12 heavy (non-hydrogen) atoms. The van der Waals surface area contributed by atoms with Crippen molar-refractivity contribution in [3.63, 3.8) is 0 Å². The van der Waals surface area contributed by atoms with Gasteiger partial charge in [-0.2, -0.15) is 0 Å². The Bertz CT molecular complexity index is 270. The number of rotatable bonds is 2. The molecule has 3 nitrogen and oxygen atoms in total. The second-order valence-corrected chi connectivity index (χ2v) is 3.01. The fourth-order valence-electron chi connectivity index (χ4n) is 0.972. The molecule has 0 spiro atoms. The highest BCUT2D eigenvalue weighted by molar-refractivity contribution is 7.75. The van der Waals surface area contributed by atoms with E-state index in [1.54, 1.807) is 0 Å². The molecule has 0 radical (unpaired) electrons. The Hall–Kier alpha value is -0.320. The molecule has 5 heteroatoms. The van der Waals surface area contributed by atoms with Crippen LogP contribution in [0, 0.1) is 13.8 Å². The van der Waals surface area contributed by atoms with Gasteiger partial charge in [0.1, 0.15) is 0 Å². The van der Waals surface area contributed by atoms with Crippen molar-refractivity contribution in [2.75, 3.05) is 0 Å². The molecule has 0 saturated heterocycles. The maximum absolute atomic E-state index is 5.64. The van der Waals surface area contributed by atoms with Crippen LogP contribution in [0.1, 0.15) is 17.0 Å². The van der Waals surface area contributed by atoms with Crippen LogP contribution < -0.4 is 0 Å². The maximum Gasteiger partial charge on any atom is 0.222 e. The van der Waals surface area contributed by atoms with E-state index in [1.165, 1.54) is 0 Å². The smallest absolute Gasteiger partial charge is 0.222 e. The summed E-state index contributed by atoms with van der Waals surface area (Å²) in [7, 11) is 0. The van der Waals surface area contributed by atoms with E-state index in [0.29, 0.717) is 6.61 Å². The number of nitrogens with zero attached hydrogens (tertiary/aromatic N) is 2. The fourth-order valence-corrected chi connectivity index (χ4v) is 1.35. The Balaban J connectivity index is 3.10. The summed E-state index contributed by atoms with van der Waals surface area (Å²) in [5, 5.41) is 0.271. The summed E-state index contributed by atoms with van der Waals surface area (Å²) in [6.45, 7) is 4.13. The predicted octanol–water partition coefficient (Wildman–Crippen LogP) is 2.11. The van der Waals surface area contributed by atoms with Crippen molar-refractivity contribution in [2.24, 2.45) is 0 Å². The molecule has 0 aromatic carbocycles. The van der Waals surface area contributed by atoms with Crippen molar-refractivity contribution < 1.29 is 4.18 Å². The molecule has 0 aliphatic carbocycles. The second kappa shape index (κ2) is 4.07. The lowest BCUT2D eigenvalue weighted by Crippen LogP contribution is -2.00. The number of hydrogen-bond acceptors (Lipinski definition) is 4. The summed E-state index contributed by atoms with van der Waals surface area (Å²) < 4.78 is 4.70. The van der Waals surface area contributed by atoms with Crippen LogP contribution in [0.3, 0.4) is 0 Å². The van der Waals surface area contributed by atoms with E-state index < -0.39 is 0 Å². The van der Waals surface area contributed by atoms with Crippen LogP contribution in [-0.2, 0) is 10.8 Å². The minimum Gasteiger partial charge on any atom is -0.314 e. The number of aryl methyl sites for hydroxylation is 2. The maximum atomic E-state index is 5.64. The molecule has 1 aromatic rings. The van der Waals surface area contributed by atoms with E-state index >= 15 is 0 Å². The number of hydrogen-bond donors (Lipinski definition) is 1. The lowest BCUT2D eigenvalue weighted by atomic mass is 10.2. The van der Waals surface area contributed by atoms with Crippen molar-refractivity contribution >= 4 is 24.5 Å². The van der Waals surface area contributed by atoms with Gasteiger partial charge in [0, 0.05) is 17.0 Å². The van der Waals surface area contributed by atoms with Crippen LogP contribution >= 0.6 is 24.5 Å². The zero-order chi connectivity index (χ0) is 9.14. The van der Waals surface area contributed by atoms with Crippen LogP contribution in [0.25, 0.3) is 0 Å². The number of aromatic nitrogens is 2. The van der Waals surface area contributed by atoms with Gasteiger partial charge in [0.2, 0.25) is 5.28 Å². The van der Waals surface area contributed by atoms with Crippen LogP contribution in [0.2, 0.25) is 5.28 Å². The first-order valence-corrected chi connectivity index (χ1v) is 4.15. The zero-order valence-corrected chi connectivity index (χ0v) is 8.49. The Morgan fingerprint density at radius 1 is 1.33 bits per heavy atom. The summed E-state index contributed by atoms with van der Waals surface area (Å²) in [5.41, 5.74) is 2.61. The molecule has 0 atom stereocenters. The van der Waals surface area contributed by atoms with Crippen molar-refractivity contribution in [1.29, 1.82) is 0 Å². The molecule has 0 aliphatic heterocycles. The minimum atomic E-state index is 0.271. The lowest BCUT2D eigenvalue weighted by molar-refractivity contribution is 0.368. The van der Waals surface area contributed by atoms with Gasteiger partial charge in [-0.1, -0.05) is 0 Å². The van der Waals surface area contributed by atoms with Crippen LogP contribution in [0.4, 0.5) is 0 Å². The van der Waals surface area contributed by atoms with Crippen molar-refractivity contribution in [2.45, 2.75) is 20.5 Å². The predicted molar refractivity (Wildman–Crippen MR) is 50.3 cm³/mol. The Labute approximate surface area is 81.7 Å². The molecular formula is C7H9ClN2OS. The average Bonchev–Trinajstić information content (AvgIpc) is 1.96. The lowest BCUT2D eigenvalue weighted by Gasteiger charge is -2.05. The van der Waals surface area contributed by atoms with Gasteiger partial charge in [0.05, 0.1) is 6.61 Å². The summed E-state index contributed by atoms with van der Waals surface area (Å²) in [5.74, 6) is 0. The highest BCUT2D eigenvalue weighted by Crippen LogP contribution is 2.13. The molecular weight excluding hydrogens is 196 g/mol. The van der Waals surface area contributed by atoms with Crippen LogP contribution in [-0.4, -0.2) is 9.97 Å². The third-order valence-electron chi connectivity index (χ3n) is 1.60. The van der Waals surface area contributed by atoms with Gasteiger partial charge in [-0.05, 0) is 38.4 Å². The van der Waals surface area contributed by atoms with Gasteiger partial charge in [-0.25, -0.2) is 9.97 Å². The van der Waals surface area contributed by atoms with Crippen LogP contribution in [0.5, 0.6) is 0 Å². The monoisotopic (exact) mass is 204 g/mol. The van der Waals surface area contributed by atoms with Gasteiger partial charge in [0.25, 0.3) is 0 Å². The highest BCUT2D eigenvalue weighted by Gasteiger charge is 2.06. The van der Waals surface area contributed by atoms with Crippen molar-refractivity contribution in [1.82, 2.24) is 9.97 Å². The fraction of sp³-hybridized carbons (Fsp3) is 0.429. The first-order chi connectivity index (χ1) is 5.65. The Morgan fingerprint density at radius 2 is 1.83 bits per heavy atom. The van der Waals surface area contributed by atoms with E-state index in [0.717, 1.165) is 17.0 Å². The molecule has 1 aromatic heterocycles. The number of thiol groups is 1. The molecule has 0 aliphatic rings. The molecule has 0 N–H and O–H groups in total. The summed E-state index contributed by atoms with van der Waals surface area (Å²) in [6, 6.07) is 0. The van der Waals surface area contributed by atoms with Gasteiger partial charge in [0.15, 0.2) is 0 Å². The SMILES string of the molecule is Cc1nc(Cl)nc(C)c1COS. The number of halogens is 1. The van der Waals surface area contributed by atoms with Gasteiger partial charge < -0.3 is 4.18 Å². The summed E-state index contributed by atoms with van der Waals surface area (Å²) >= 11 is 9.30. The topological polar surface area (TPSA) is 35.0 Å². The summed E-state index contributed by atoms with van der Waals surface area (Å²) in [4.78, 5) is 7.99.